The van der Waals surface area contributed by atoms with Gasteiger partial charge in [0, 0.05) is 0 Å². The van der Waals surface area contributed by atoms with Crippen molar-refractivity contribution in [3.05, 3.63) is 6.07 Å². The standard InChI is InChI=1S/C11H16N4O5S2/c1-7(14-15-22(4,17)18)8(6-16)21-11-12-9(19-2)5-10(13-11)20-3/h5-6,8,15H,1-4H3. The van der Waals surface area contributed by atoms with E-state index in [-0.39, 0.29) is 22.6 Å². The number of ether oxygens (including phenoxy) is 2. The molecule has 1 aromatic rings. The predicted molar refractivity (Wildman–Crippen MR) is 81.9 cm³/mol. The molecule has 0 aliphatic carbocycles. The van der Waals surface area contributed by atoms with Gasteiger partial charge in [-0.05, 0) is 6.92 Å². The topological polar surface area (TPSA) is 120 Å². The van der Waals surface area contributed by atoms with Gasteiger partial charge in [0.25, 0.3) is 0 Å². The number of hydrogen-bond donors (Lipinski definition) is 1. The zero-order chi connectivity index (χ0) is 16.8. The Kier molecular flexibility index (Phi) is 6.56. The molecule has 1 atom stereocenters. The number of nitrogens with one attached hydrogen (secondary N) is 1. The zero-order valence-corrected chi connectivity index (χ0v) is 14.1. The molecule has 0 saturated carbocycles. The van der Waals surface area contributed by atoms with Gasteiger partial charge in [-0.2, -0.15) is 15.1 Å². The van der Waals surface area contributed by atoms with Crippen LogP contribution in [0.3, 0.4) is 0 Å². The molecule has 1 heterocycles. The molecule has 22 heavy (non-hydrogen) atoms. The maximum absolute atomic E-state index is 11.2. The number of aromatic nitrogens is 2. The van der Waals surface area contributed by atoms with E-state index in [0.717, 1.165) is 18.0 Å². The van der Waals surface area contributed by atoms with E-state index in [4.69, 9.17) is 9.47 Å². The first kappa shape index (κ1) is 18.2. The van der Waals surface area contributed by atoms with Crippen molar-refractivity contribution in [2.24, 2.45) is 5.10 Å². The van der Waals surface area contributed by atoms with Crippen LogP contribution in [0.4, 0.5) is 0 Å². The second-order valence-corrected chi connectivity index (χ2v) is 6.86. The summed E-state index contributed by atoms with van der Waals surface area (Å²) in [4.78, 5) is 21.3. The molecule has 1 rings (SSSR count). The SMILES string of the molecule is COc1cc(OC)nc(SC(C=O)C(C)=NNS(C)(=O)=O)n1. The monoisotopic (exact) mass is 348 g/mol. The van der Waals surface area contributed by atoms with E-state index in [9.17, 15) is 13.2 Å². The van der Waals surface area contributed by atoms with E-state index in [1.807, 2.05) is 4.83 Å². The van der Waals surface area contributed by atoms with E-state index >= 15 is 0 Å². The van der Waals surface area contributed by atoms with Crippen molar-refractivity contribution in [3.8, 4) is 11.8 Å². The van der Waals surface area contributed by atoms with Crippen LogP contribution in [-0.2, 0) is 14.8 Å². The second kappa shape index (κ2) is 7.94. The Balaban J connectivity index is 2.96. The van der Waals surface area contributed by atoms with Gasteiger partial charge in [0.15, 0.2) is 5.16 Å². The summed E-state index contributed by atoms with van der Waals surface area (Å²) in [5.41, 5.74) is 0.260. The summed E-state index contributed by atoms with van der Waals surface area (Å²) < 4.78 is 32.0. The average Bonchev–Trinajstić information content (AvgIpc) is 2.49. The van der Waals surface area contributed by atoms with Crippen LogP contribution in [0.2, 0.25) is 0 Å². The number of thioether (sulfide) groups is 1. The second-order valence-electron chi connectivity index (χ2n) is 4.03. The maximum Gasteiger partial charge on any atom is 0.244 e. The molecule has 0 aliphatic rings. The lowest BCUT2D eigenvalue weighted by atomic mass is 10.3. The van der Waals surface area contributed by atoms with Gasteiger partial charge in [-0.25, -0.2) is 13.2 Å². The van der Waals surface area contributed by atoms with E-state index in [1.54, 1.807) is 0 Å². The molecule has 11 heteroatoms. The molecular weight excluding hydrogens is 332 g/mol. The van der Waals surface area contributed by atoms with Gasteiger partial charge in [-0.15, -0.1) is 0 Å². The number of methoxy groups -OCH3 is 2. The van der Waals surface area contributed by atoms with E-state index in [2.05, 4.69) is 15.1 Å². The van der Waals surface area contributed by atoms with Crippen molar-refractivity contribution in [3.63, 3.8) is 0 Å². The normalized spacial score (nSPS) is 13.4. The number of hydrazone groups is 1. The lowest BCUT2D eigenvalue weighted by Gasteiger charge is -2.10. The molecule has 122 valence electrons. The van der Waals surface area contributed by atoms with Gasteiger partial charge in [-0.1, -0.05) is 11.8 Å². The number of carbonyl (C=O) groups excluding carboxylic acids is 1. The van der Waals surface area contributed by atoms with Crippen LogP contribution >= 0.6 is 11.8 Å². The Labute approximate surface area is 132 Å². The minimum Gasteiger partial charge on any atom is -0.481 e. The molecule has 0 aromatic carbocycles. The van der Waals surface area contributed by atoms with Crippen LogP contribution < -0.4 is 14.3 Å². The summed E-state index contributed by atoms with van der Waals surface area (Å²) in [6, 6.07) is 1.49. The first-order chi connectivity index (χ1) is 10.3. The van der Waals surface area contributed by atoms with Crippen molar-refractivity contribution in [2.75, 3.05) is 20.5 Å². The quantitative estimate of drug-likeness (QED) is 0.230. The van der Waals surface area contributed by atoms with E-state index < -0.39 is 15.3 Å². The van der Waals surface area contributed by atoms with Crippen LogP contribution in [0, 0.1) is 0 Å². The molecular formula is C11H16N4O5S2. The molecule has 0 spiro atoms. The Morgan fingerprint density at radius 3 is 2.32 bits per heavy atom. The molecule has 1 N–H and O–H groups in total. The highest BCUT2D eigenvalue weighted by molar-refractivity contribution is 8.01. The third-order valence-electron chi connectivity index (χ3n) is 2.23. The third kappa shape index (κ3) is 5.85. The van der Waals surface area contributed by atoms with Crippen molar-refractivity contribution in [2.45, 2.75) is 17.3 Å². The summed E-state index contributed by atoms with van der Waals surface area (Å²) in [7, 11) is -0.608. The smallest absolute Gasteiger partial charge is 0.244 e. The number of rotatable bonds is 8. The van der Waals surface area contributed by atoms with Crippen molar-refractivity contribution in [1.29, 1.82) is 0 Å². The average molecular weight is 348 g/mol. The zero-order valence-electron chi connectivity index (χ0n) is 12.4. The number of aldehydes is 1. The van der Waals surface area contributed by atoms with Crippen molar-refractivity contribution >= 4 is 33.8 Å². The molecule has 0 bridgehead atoms. The van der Waals surface area contributed by atoms with E-state index in [1.165, 1.54) is 27.2 Å². The van der Waals surface area contributed by atoms with Gasteiger partial charge in [0.2, 0.25) is 21.8 Å². The molecule has 0 saturated heterocycles. The van der Waals surface area contributed by atoms with Crippen LogP contribution in [-0.4, -0.2) is 56.1 Å². The van der Waals surface area contributed by atoms with Gasteiger partial charge in [0.1, 0.15) is 11.5 Å². The number of nitrogens with zero attached hydrogens (tertiary/aromatic N) is 3. The van der Waals surface area contributed by atoms with Crippen molar-refractivity contribution < 1.29 is 22.7 Å². The first-order valence-electron chi connectivity index (χ1n) is 5.89. The fourth-order valence-corrected chi connectivity index (χ4v) is 2.29. The molecule has 1 aromatic heterocycles. The molecule has 9 nitrogen and oxygen atoms in total. The van der Waals surface area contributed by atoms with Crippen LogP contribution in [0.15, 0.2) is 16.3 Å². The summed E-state index contributed by atoms with van der Waals surface area (Å²) in [6.45, 7) is 1.52. The highest BCUT2D eigenvalue weighted by atomic mass is 32.2. The molecule has 0 amide bonds. The van der Waals surface area contributed by atoms with Gasteiger partial charge in [-0.3, -0.25) is 0 Å². The minimum absolute atomic E-state index is 0.238. The largest absolute Gasteiger partial charge is 0.481 e. The lowest BCUT2D eigenvalue weighted by Crippen LogP contribution is -2.23. The first-order valence-corrected chi connectivity index (χ1v) is 8.66. The Hall–Kier alpha value is -1.88. The highest BCUT2D eigenvalue weighted by Gasteiger charge is 2.17. The van der Waals surface area contributed by atoms with Crippen LogP contribution in [0.5, 0.6) is 11.8 Å². The summed E-state index contributed by atoms with van der Waals surface area (Å²) in [5, 5.41) is 3.14. The molecule has 0 aliphatic heterocycles. The Bertz CT molecular complexity index is 640. The molecule has 0 fully saturated rings. The number of carbonyl (C=O) groups is 1. The fourth-order valence-electron chi connectivity index (χ4n) is 1.19. The lowest BCUT2D eigenvalue weighted by molar-refractivity contribution is -0.106. The Morgan fingerprint density at radius 2 is 1.91 bits per heavy atom. The summed E-state index contributed by atoms with van der Waals surface area (Å²) in [5.74, 6) is 0.561. The minimum atomic E-state index is -3.49. The van der Waals surface area contributed by atoms with Gasteiger partial charge >= 0.3 is 0 Å². The van der Waals surface area contributed by atoms with Gasteiger partial charge < -0.3 is 14.3 Å². The summed E-state index contributed by atoms with van der Waals surface area (Å²) >= 11 is 0.991. The van der Waals surface area contributed by atoms with Crippen LogP contribution in [0.25, 0.3) is 0 Å². The summed E-state index contributed by atoms with van der Waals surface area (Å²) in [6.07, 6.45) is 1.58. The highest BCUT2D eigenvalue weighted by Crippen LogP contribution is 2.24. The number of sulfonamides is 1. The Morgan fingerprint density at radius 1 is 1.36 bits per heavy atom. The number of hydrogen-bond acceptors (Lipinski definition) is 9. The molecule has 0 radical (unpaired) electrons. The van der Waals surface area contributed by atoms with Gasteiger partial charge in [0.05, 0.1) is 32.3 Å². The van der Waals surface area contributed by atoms with Crippen LogP contribution in [0.1, 0.15) is 6.92 Å². The van der Waals surface area contributed by atoms with E-state index in [0.29, 0.717) is 6.29 Å². The maximum atomic E-state index is 11.2. The third-order valence-corrected chi connectivity index (χ3v) is 3.75. The molecule has 1 unspecified atom stereocenters. The van der Waals surface area contributed by atoms with Crippen molar-refractivity contribution in [1.82, 2.24) is 14.8 Å². The predicted octanol–water partition coefficient (Wildman–Crippen LogP) is 0.0785. The fraction of sp³-hybridized carbons (Fsp3) is 0.455.